The lowest BCUT2D eigenvalue weighted by Gasteiger charge is -2.18. The number of methoxy groups -OCH3 is 2. The summed E-state index contributed by atoms with van der Waals surface area (Å²) in [5.41, 5.74) is 1.37. The van der Waals surface area contributed by atoms with Crippen LogP contribution in [0, 0.1) is 0 Å². The largest absolute Gasteiger partial charge is 0.497 e. The third-order valence-corrected chi connectivity index (χ3v) is 5.21. The van der Waals surface area contributed by atoms with Gasteiger partial charge in [-0.05, 0) is 42.8 Å². The van der Waals surface area contributed by atoms with E-state index in [-0.39, 0.29) is 5.75 Å². The molecule has 0 aliphatic rings. The van der Waals surface area contributed by atoms with E-state index < -0.39 is 16.1 Å². The number of nitrogens with one attached hydrogen (secondary N) is 1. The Balaban J connectivity index is 2.18. The summed E-state index contributed by atoms with van der Waals surface area (Å²) in [6.07, 6.45) is 0. The molecule has 5 nitrogen and oxygen atoms in total. The van der Waals surface area contributed by atoms with E-state index in [1.165, 1.54) is 0 Å². The van der Waals surface area contributed by atoms with Crippen molar-refractivity contribution in [3.63, 3.8) is 0 Å². The quantitative estimate of drug-likeness (QED) is 0.810. The van der Waals surface area contributed by atoms with E-state index in [1.807, 2.05) is 0 Å². The van der Waals surface area contributed by atoms with Crippen molar-refractivity contribution in [2.45, 2.75) is 18.7 Å². The number of sulfonamides is 1. The fourth-order valence-corrected chi connectivity index (χ4v) is 3.86. The molecule has 7 heteroatoms. The van der Waals surface area contributed by atoms with Gasteiger partial charge in [0, 0.05) is 16.6 Å². The molecule has 1 N–H and O–H groups in total. The summed E-state index contributed by atoms with van der Waals surface area (Å²) < 4.78 is 38.0. The highest BCUT2D eigenvalue weighted by Crippen LogP contribution is 2.29. The molecule has 0 saturated carbocycles. The summed E-state index contributed by atoms with van der Waals surface area (Å²) in [7, 11) is -0.430. The second-order valence-corrected chi connectivity index (χ2v) is 7.52. The molecule has 0 aromatic heterocycles. The molecule has 0 bridgehead atoms. The Hall–Kier alpha value is -1.76. The topological polar surface area (TPSA) is 64.6 Å². The molecule has 130 valence electrons. The van der Waals surface area contributed by atoms with Crippen LogP contribution in [0.15, 0.2) is 42.5 Å². The zero-order valence-electron chi connectivity index (χ0n) is 13.7. The molecule has 2 aromatic rings. The summed E-state index contributed by atoms with van der Waals surface area (Å²) in [6, 6.07) is 11.5. The average molecular weight is 370 g/mol. The standard InChI is InChI=1S/C17H20ClNO4S/c1-12(16-10-15(22-2)8-9-17(16)23-3)19-24(20,21)11-13-4-6-14(18)7-5-13/h4-10,12,19H,11H2,1-3H3. The molecular formula is C17H20ClNO4S. The molecule has 1 atom stereocenters. The molecule has 0 heterocycles. The number of hydrogen-bond acceptors (Lipinski definition) is 4. The minimum atomic E-state index is -3.53. The van der Waals surface area contributed by atoms with E-state index in [4.69, 9.17) is 21.1 Å². The van der Waals surface area contributed by atoms with Gasteiger partial charge in [-0.15, -0.1) is 0 Å². The maximum absolute atomic E-state index is 12.4. The number of rotatable bonds is 7. The molecule has 0 amide bonds. The Kier molecular flexibility index (Phi) is 6.10. The van der Waals surface area contributed by atoms with E-state index in [0.29, 0.717) is 27.6 Å². The predicted molar refractivity (Wildman–Crippen MR) is 95.2 cm³/mol. The van der Waals surface area contributed by atoms with Crippen LogP contribution in [-0.4, -0.2) is 22.6 Å². The van der Waals surface area contributed by atoms with Crippen molar-refractivity contribution in [2.24, 2.45) is 0 Å². The van der Waals surface area contributed by atoms with Crippen molar-refractivity contribution in [1.29, 1.82) is 0 Å². The predicted octanol–water partition coefficient (Wildman–Crippen LogP) is 3.54. The van der Waals surface area contributed by atoms with Gasteiger partial charge in [-0.25, -0.2) is 13.1 Å². The minimum absolute atomic E-state index is 0.124. The highest BCUT2D eigenvalue weighted by atomic mass is 35.5. The molecule has 0 aliphatic heterocycles. The van der Waals surface area contributed by atoms with Crippen LogP contribution in [0.4, 0.5) is 0 Å². The van der Waals surface area contributed by atoms with Crippen molar-refractivity contribution in [3.8, 4) is 11.5 Å². The van der Waals surface area contributed by atoms with Gasteiger partial charge in [-0.1, -0.05) is 23.7 Å². The highest BCUT2D eigenvalue weighted by Gasteiger charge is 2.20. The second-order valence-electron chi connectivity index (χ2n) is 5.33. The molecule has 0 saturated heterocycles. The normalized spacial score (nSPS) is 12.7. The first-order valence-electron chi connectivity index (χ1n) is 7.31. The van der Waals surface area contributed by atoms with Crippen molar-refractivity contribution >= 4 is 21.6 Å². The first-order valence-corrected chi connectivity index (χ1v) is 9.34. The summed E-state index contributed by atoms with van der Waals surface area (Å²) in [4.78, 5) is 0. The average Bonchev–Trinajstić information content (AvgIpc) is 2.55. The van der Waals surface area contributed by atoms with Crippen LogP contribution < -0.4 is 14.2 Å². The van der Waals surface area contributed by atoms with Gasteiger partial charge in [0.2, 0.25) is 10.0 Å². The Labute approximate surface area is 147 Å². The van der Waals surface area contributed by atoms with Crippen LogP contribution in [0.2, 0.25) is 5.02 Å². The number of benzene rings is 2. The van der Waals surface area contributed by atoms with E-state index in [9.17, 15) is 8.42 Å². The maximum atomic E-state index is 12.4. The van der Waals surface area contributed by atoms with Gasteiger partial charge in [-0.2, -0.15) is 0 Å². The molecule has 0 aliphatic carbocycles. The maximum Gasteiger partial charge on any atom is 0.216 e. The minimum Gasteiger partial charge on any atom is -0.497 e. The lowest BCUT2D eigenvalue weighted by Crippen LogP contribution is -2.28. The fraction of sp³-hybridized carbons (Fsp3) is 0.294. The van der Waals surface area contributed by atoms with E-state index in [1.54, 1.807) is 63.6 Å². The smallest absolute Gasteiger partial charge is 0.216 e. The summed E-state index contributed by atoms with van der Waals surface area (Å²) in [5.74, 6) is 1.10. The lowest BCUT2D eigenvalue weighted by molar-refractivity contribution is 0.395. The van der Waals surface area contributed by atoms with Crippen molar-refractivity contribution in [1.82, 2.24) is 4.72 Å². The Morgan fingerprint density at radius 3 is 2.33 bits per heavy atom. The van der Waals surface area contributed by atoms with Gasteiger partial charge in [0.15, 0.2) is 0 Å². The van der Waals surface area contributed by atoms with Crippen LogP contribution in [0.1, 0.15) is 24.1 Å². The van der Waals surface area contributed by atoms with Crippen molar-refractivity contribution in [3.05, 3.63) is 58.6 Å². The molecule has 2 aromatic carbocycles. The van der Waals surface area contributed by atoms with Gasteiger partial charge >= 0.3 is 0 Å². The van der Waals surface area contributed by atoms with Crippen LogP contribution in [-0.2, 0) is 15.8 Å². The van der Waals surface area contributed by atoms with E-state index in [2.05, 4.69) is 4.72 Å². The van der Waals surface area contributed by atoms with Gasteiger partial charge < -0.3 is 9.47 Å². The monoisotopic (exact) mass is 369 g/mol. The zero-order chi connectivity index (χ0) is 17.7. The number of ether oxygens (including phenoxy) is 2. The second kappa shape index (κ2) is 7.88. The molecule has 0 fully saturated rings. The van der Waals surface area contributed by atoms with Gasteiger partial charge in [0.05, 0.1) is 20.0 Å². The summed E-state index contributed by atoms with van der Waals surface area (Å²) >= 11 is 5.82. The Morgan fingerprint density at radius 1 is 1.08 bits per heavy atom. The number of hydrogen-bond donors (Lipinski definition) is 1. The third-order valence-electron chi connectivity index (χ3n) is 3.53. The zero-order valence-corrected chi connectivity index (χ0v) is 15.3. The van der Waals surface area contributed by atoms with E-state index >= 15 is 0 Å². The molecule has 0 spiro atoms. The first kappa shape index (κ1) is 18.6. The number of halogens is 1. The van der Waals surface area contributed by atoms with Gasteiger partial charge in [0.1, 0.15) is 11.5 Å². The van der Waals surface area contributed by atoms with E-state index in [0.717, 1.165) is 0 Å². The Morgan fingerprint density at radius 2 is 1.75 bits per heavy atom. The molecule has 24 heavy (non-hydrogen) atoms. The Bertz CT molecular complexity index is 791. The third kappa shape index (κ3) is 4.87. The fourth-order valence-electron chi connectivity index (χ4n) is 2.35. The molecule has 1 unspecified atom stereocenters. The first-order chi connectivity index (χ1) is 11.3. The van der Waals surface area contributed by atoms with Crippen molar-refractivity contribution in [2.75, 3.05) is 14.2 Å². The van der Waals surface area contributed by atoms with Gasteiger partial charge in [0.25, 0.3) is 0 Å². The SMILES string of the molecule is COc1ccc(OC)c(C(C)NS(=O)(=O)Cc2ccc(Cl)cc2)c1. The van der Waals surface area contributed by atoms with Crippen LogP contribution >= 0.6 is 11.6 Å². The van der Waals surface area contributed by atoms with Crippen molar-refractivity contribution < 1.29 is 17.9 Å². The van der Waals surface area contributed by atoms with Gasteiger partial charge in [-0.3, -0.25) is 0 Å². The molecule has 2 rings (SSSR count). The molecule has 0 radical (unpaired) electrons. The van der Waals surface area contributed by atoms with Crippen LogP contribution in [0.25, 0.3) is 0 Å². The highest BCUT2D eigenvalue weighted by molar-refractivity contribution is 7.88. The summed E-state index contributed by atoms with van der Waals surface area (Å²) in [5, 5.41) is 0.568. The van der Waals surface area contributed by atoms with Crippen LogP contribution in [0.3, 0.4) is 0 Å². The molecular weight excluding hydrogens is 350 g/mol. The lowest BCUT2D eigenvalue weighted by atomic mass is 10.1. The summed E-state index contributed by atoms with van der Waals surface area (Å²) in [6.45, 7) is 1.76. The van der Waals surface area contributed by atoms with Crippen LogP contribution in [0.5, 0.6) is 11.5 Å².